The zero-order valence-corrected chi connectivity index (χ0v) is 9.66. The Kier molecular flexibility index (Phi) is 3.74. The van der Waals surface area contributed by atoms with Gasteiger partial charge in [-0.05, 0) is 31.0 Å². The van der Waals surface area contributed by atoms with Crippen LogP contribution < -0.4 is 11.1 Å². The third-order valence-corrected chi connectivity index (χ3v) is 3.25. The Bertz CT molecular complexity index is 408. The normalized spacial score (nSPS) is 24.4. The van der Waals surface area contributed by atoms with Gasteiger partial charge in [0.05, 0.1) is 5.92 Å². The zero-order chi connectivity index (χ0) is 12.3. The molecule has 0 heterocycles. The lowest BCUT2D eigenvalue weighted by atomic mass is 9.84. The first-order chi connectivity index (χ1) is 8.16. The minimum Gasteiger partial charge on any atom is -0.327 e. The van der Waals surface area contributed by atoms with Crippen molar-refractivity contribution in [3.8, 4) is 0 Å². The molecular weight excluding hydrogens is 219 g/mol. The Labute approximate surface area is 100 Å². The molecule has 0 radical (unpaired) electrons. The molecule has 92 valence electrons. The maximum Gasteiger partial charge on any atom is 0.229 e. The van der Waals surface area contributed by atoms with Crippen LogP contribution in [0.3, 0.4) is 0 Å². The number of amides is 1. The van der Waals surface area contributed by atoms with E-state index < -0.39 is 0 Å². The van der Waals surface area contributed by atoms with Crippen LogP contribution in [0.4, 0.5) is 10.1 Å². The highest BCUT2D eigenvalue weighted by molar-refractivity contribution is 5.93. The number of anilines is 1. The summed E-state index contributed by atoms with van der Waals surface area (Å²) in [5.41, 5.74) is 6.42. The Morgan fingerprint density at radius 1 is 1.35 bits per heavy atom. The predicted octanol–water partition coefficient (Wildman–Crippen LogP) is 2.28. The van der Waals surface area contributed by atoms with Gasteiger partial charge in [-0.25, -0.2) is 4.39 Å². The van der Waals surface area contributed by atoms with Crippen LogP contribution in [0.2, 0.25) is 0 Å². The summed E-state index contributed by atoms with van der Waals surface area (Å²) >= 11 is 0. The van der Waals surface area contributed by atoms with E-state index >= 15 is 0 Å². The SMILES string of the molecule is NC1CCCCC1C(=O)Nc1cccc(F)c1. The lowest BCUT2D eigenvalue weighted by Crippen LogP contribution is -2.40. The Morgan fingerprint density at radius 2 is 2.12 bits per heavy atom. The lowest BCUT2D eigenvalue weighted by Gasteiger charge is -2.27. The summed E-state index contributed by atoms with van der Waals surface area (Å²) in [7, 11) is 0. The molecule has 3 nitrogen and oxygen atoms in total. The second-order valence-electron chi connectivity index (χ2n) is 4.55. The molecule has 1 saturated carbocycles. The highest BCUT2D eigenvalue weighted by atomic mass is 19.1. The molecule has 1 aromatic rings. The van der Waals surface area contributed by atoms with Crippen molar-refractivity contribution in [2.24, 2.45) is 11.7 Å². The maximum absolute atomic E-state index is 13.0. The number of hydrogen-bond acceptors (Lipinski definition) is 2. The fraction of sp³-hybridized carbons (Fsp3) is 0.462. The molecule has 1 aromatic carbocycles. The summed E-state index contributed by atoms with van der Waals surface area (Å²) in [4.78, 5) is 12.0. The second kappa shape index (κ2) is 5.27. The van der Waals surface area contributed by atoms with Crippen molar-refractivity contribution in [2.75, 3.05) is 5.32 Å². The minimum absolute atomic E-state index is 0.0719. The number of halogens is 1. The van der Waals surface area contributed by atoms with E-state index in [9.17, 15) is 9.18 Å². The van der Waals surface area contributed by atoms with Crippen molar-refractivity contribution >= 4 is 11.6 Å². The summed E-state index contributed by atoms with van der Waals surface area (Å²) in [5.74, 6) is -0.592. The quantitative estimate of drug-likeness (QED) is 0.827. The van der Waals surface area contributed by atoms with Crippen molar-refractivity contribution in [2.45, 2.75) is 31.7 Å². The highest BCUT2D eigenvalue weighted by Gasteiger charge is 2.28. The van der Waals surface area contributed by atoms with Crippen molar-refractivity contribution in [1.29, 1.82) is 0 Å². The topological polar surface area (TPSA) is 55.1 Å². The molecule has 0 spiro atoms. The average Bonchev–Trinajstić information content (AvgIpc) is 2.29. The molecule has 3 N–H and O–H groups in total. The van der Waals surface area contributed by atoms with Crippen molar-refractivity contribution in [3.05, 3.63) is 30.1 Å². The van der Waals surface area contributed by atoms with E-state index in [2.05, 4.69) is 5.32 Å². The van der Waals surface area contributed by atoms with Gasteiger partial charge in [0.15, 0.2) is 0 Å². The highest BCUT2D eigenvalue weighted by Crippen LogP contribution is 2.24. The molecule has 1 amide bonds. The van der Waals surface area contributed by atoms with Crippen LogP contribution in [0.25, 0.3) is 0 Å². The molecule has 0 saturated heterocycles. The first-order valence-electron chi connectivity index (χ1n) is 5.99. The third kappa shape index (κ3) is 3.03. The fourth-order valence-corrected chi connectivity index (χ4v) is 2.29. The van der Waals surface area contributed by atoms with E-state index in [-0.39, 0.29) is 23.7 Å². The van der Waals surface area contributed by atoms with Crippen LogP contribution in [-0.4, -0.2) is 11.9 Å². The molecular formula is C13H17FN2O. The summed E-state index contributed by atoms with van der Waals surface area (Å²) < 4.78 is 13.0. The molecule has 2 unspecified atom stereocenters. The van der Waals surface area contributed by atoms with Crippen LogP contribution >= 0.6 is 0 Å². The summed E-state index contributed by atoms with van der Waals surface area (Å²) in [6.45, 7) is 0. The number of benzene rings is 1. The zero-order valence-electron chi connectivity index (χ0n) is 9.66. The summed E-state index contributed by atoms with van der Waals surface area (Å²) in [6, 6.07) is 5.84. The molecule has 1 aliphatic rings. The van der Waals surface area contributed by atoms with Gasteiger partial charge < -0.3 is 11.1 Å². The number of carbonyl (C=O) groups is 1. The first kappa shape index (κ1) is 12.0. The third-order valence-electron chi connectivity index (χ3n) is 3.25. The van der Waals surface area contributed by atoms with Crippen molar-refractivity contribution in [1.82, 2.24) is 0 Å². The van der Waals surface area contributed by atoms with Crippen LogP contribution in [0.5, 0.6) is 0 Å². The van der Waals surface area contributed by atoms with Gasteiger partial charge in [-0.1, -0.05) is 18.9 Å². The van der Waals surface area contributed by atoms with E-state index in [0.29, 0.717) is 5.69 Å². The average molecular weight is 236 g/mol. The fourth-order valence-electron chi connectivity index (χ4n) is 2.29. The summed E-state index contributed by atoms with van der Waals surface area (Å²) in [5, 5.41) is 2.72. The monoisotopic (exact) mass is 236 g/mol. The Balaban J connectivity index is 2.01. The van der Waals surface area contributed by atoms with Crippen LogP contribution in [0.1, 0.15) is 25.7 Å². The standard InChI is InChI=1S/C13H17FN2O/c14-9-4-3-5-10(8-9)16-13(17)11-6-1-2-7-12(11)15/h3-5,8,11-12H,1-2,6-7,15H2,(H,16,17). The molecule has 2 rings (SSSR count). The molecule has 1 fully saturated rings. The van der Waals surface area contributed by atoms with E-state index in [1.54, 1.807) is 12.1 Å². The first-order valence-corrected chi connectivity index (χ1v) is 5.99. The van der Waals surface area contributed by atoms with Gasteiger partial charge in [0.25, 0.3) is 0 Å². The van der Waals surface area contributed by atoms with Gasteiger partial charge in [0.2, 0.25) is 5.91 Å². The molecule has 0 aliphatic heterocycles. The van der Waals surface area contributed by atoms with Gasteiger partial charge in [0.1, 0.15) is 5.82 Å². The molecule has 0 aromatic heterocycles. The number of rotatable bonds is 2. The lowest BCUT2D eigenvalue weighted by molar-refractivity contribution is -0.121. The Hall–Kier alpha value is -1.42. The number of nitrogens with two attached hydrogens (primary N) is 1. The van der Waals surface area contributed by atoms with Crippen LogP contribution in [-0.2, 0) is 4.79 Å². The second-order valence-corrected chi connectivity index (χ2v) is 4.55. The van der Waals surface area contributed by atoms with Crippen molar-refractivity contribution in [3.63, 3.8) is 0 Å². The van der Waals surface area contributed by atoms with Gasteiger partial charge in [-0.2, -0.15) is 0 Å². The molecule has 17 heavy (non-hydrogen) atoms. The van der Waals surface area contributed by atoms with Gasteiger partial charge in [0, 0.05) is 11.7 Å². The number of nitrogens with one attached hydrogen (secondary N) is 1. The smallest absolute Gasteiger partial charge is 0.229 e. The Morgan fingerprint density at radius 3 is 2.82 bits per heavy atom. The molecule has 0 bridgehead atoms. The molecule has 1 aliphatic carbocycles. The van der Waals surface area contributed by atoms with Gasteiger partial charge in [-0.15, -0.1) is 0 Å². The van der Waals surface area contributed by atoms with Crippen LogP contribution in [0.15, 0.2) is 24.3 Å². The van der Waals surface area contributed by atoms with E-state index in [1.165, 1.54) is 12.1 Å². The molecule has 2 atom stereocenters. The molecule has 4 heteroatoms. The minimum atomic E-state index is -0.351. The van der Waals surface area contributed by atoms with Crippen LogP contribution in [0, 0.1) is 11.7 Å². The van der Waals surface area contributed by atoms with Gasteiger partial charge in [-0.3, -0.25) is 4.79 Å². The maximum atomic E-state index is 13.0. The predicted molar refractivity (Wildman–Crippen MR) is 65.0 cm³/mol. The van der Waals surface area contributed by atoms with E-state index in [1.807, 2.05) is 0 Å². The van der Waals surface area contributed by atoms with E-state index in [4.69, 9.17) is 5.73 Å². The number of carbonyl (C=O) groups excluding carboxylic acids is 1. The van der Waals surface area contributed by atoms with E-state index in [0.717, 1.165) is 25.7 Å². The summed E-state index contributed by atoms with van der Waals surface area (Å²) in [6.07, 6.45) is 3.84. The van der Waals surface area contributed by atoms with Gasteiger partial charge >= 0.3 is 0 Å². The largest absolute Gasteiger partial charge is 0.327 e. The van der Waals surface area contributed by atoms with Crippen molar-refractivity contribution < 1.29 is 9.18 Å². The number of hydrogen-bond donors (Lipinski definition) is 2.